The summed E-state index contributed by atoms with van der Waals surface area (Å²) in [4.78, 5) is 23.4. The molecular weight excluding hydrogens is 416 g/mol. The zero-order valence-corrected chi connectivity index (χ0v) is 18.4. The first-order chi connectivity index (χ1) is 14.9. The molecule has 2 N–H and O–H groups in total. The highest BCUT2D eigenvalue weighted by Crippen LogP contribution is 2.35. The van der Waals surface area contributed by atoms with E-state index in [4.69, 9.17) is 20.2 Å². The van der Waals surface area contributed by atoms with Crippen LogP contribution in [0.25, 0.3) is 11.3 Å². The van der Waals surface area contributed by atoms with Gasteiger partial charge in [-0.2, -0.15) is 0 Å². The Kier molecular flexibility index (Phi) is 5.47. The van der Waals surface area contributed by atoms with Crippen molar-refractivity contribution in [1.82, 2.24) is 19.9 Å². The van der Waals surface area contributed by atoms with Gasteiger partial charge >= 0.3 is 0 Å². The van der Waals surface area contributed by atoms with Gasteiger partial charge in [0.1, 0.15) is 16.3 Å². The van der Waals surface area contributed by atoms with E-state index in [-0.39, 0.29) is 11.7 Å². The molecule has 1 aromatic carbocycles. The Morgan fingerprint density at radius 3 is 2.68 bits per heavy atom. The predicted octanol–water partition coefficient (Wildman–Crippen LogP) is 2.82. The maximum Gasteiger partial charge on any atom is 0.254 e. The van der Waals surface area contributed by atoms with E-state index in [0.29, 0.717) is 28.6 Å². The van der Waals surface area contributed by atoms with Crippen LogP contribution in [-0.4, -0.2) is 59.9 Å². The highest BCUT2D eigenvalue weighted by atomic mass is 32.1. The molecule has 160 valence electrons. The van der Waals surface area contributed by atoms with Crippen molar-refractivity contribution in [2.24, 2.45) is 5.10 Å². The van der Waals surface area contributed by atoms with Crippen LogP contribution in [0.2, 0.25) is 0 Å². The number of carbonyl (C=O) groups excluding carboxylic acids is 1. The van der Waals surface area contributed by atoms with Crippen LogP contribution in [0.5, 0.6) is 5.75 Å². The number of nitrogen functional groups attached to an aromatic ring is 1. The average molecular weight is 439 g/mol. The first kappa shape index (κ1) is 20.6. The van der Waals surface area contributed by atoms with Crippen LogP contribution >= 0.6 is 11.3 Å². The summed E-state index contributed by atoms with van der Waals surface area (Å²) >= 11 is 1.47. The molecule has 0 radical (unpaired) electrons. The standard InChI is InChI=1S/C21H22N6O3S/c1-26(2)20(28)13-7-5-12(6-8-13)14-11-23-18(22)16(24-14)21-27(3)25-19(30-21)17-15(29-4)9-10-31-17/h5-11,21H,1-4H3,(H2,22,23). The Balaban J connectivity index is 1.61. The Labute approximate surface area is 183 Å². The molecule has 4 rings (SSSR count). The Morgan fingerprint density at radius 2 is 2.00 bits per heavy atom. The highest BCUT2D eigenvalue weighted by Gasteiger charge is 2.33. The van der Waals surface area contributed by atoms with Crippen molar-refractivity contribution in [3.63, 3.8) is 0 Å². The zero-order valence-electron chi connectivity index (χ0n) is 17.6. The first-order valence-corrected chi connectivity index (χ1v) is 10.3. The van der Waals surface area contributed by atoms with Gasteiger partial charge in [-0.3, -0.25) is 9.80 Å². The number of benzene rings is 1. The molecule has 2 aromatic heterocycles. The molecule has 1 aliphatic heterocycles. The summed E-state index contributed by atoms with van der Waals surface area (Å²) in [6.45, 7) is 0. The molecule has 0 saturated heterocycles. The second-order valence-electron chi connectivity index (χ2n) is 7.07. The van der Waals surface area contributed by atoms with E-state index in [1.165, 1.54) is 16.2 Å². The zero-order chi connectivity index (χ0) is 22.1. The van der Waals surface area contributed by atoms with Crippen molar-refractivity contribution in [2.45, 2.75) is 6.23 Å². The van der Waals surface area contributed by atoms with E-state index >= 15 is 0 Å². The van der Waals surface area contributed by atoms with E-state index < -0.39 is 6.23 Å². The maximum absolute atomic E-state index is 12.1. The molecule has 3 heterocycles. The molecule has 0 bridgehead atoms. The van der Waals surface area contributed by atoms with Gasteiger partial charge < -0.3 is 20.1 Å². The number of ether oxygens (including phenoxy) is 2. The molecule has 0 fully saturated rings. The van der Waals surface area contributed by atoms with Crippen LogP contribution in [0.1, 0.15) is 27.2 Å². The number of amides is 1. The van der Waals surface area contributed by atoms with Gasteiger partial charge in [0.05, 0.1) is 19.0 Å². The number of hydrogen-bond donors (Lipinski definition) is 1. The van der Waals surface area contributed by atoms with Crippen molar-refractivity contribution in [1.29, 1.82) is 0 Å². The fraction of sp³-hybridized carbons (Fsp3) is 0.238. The van der Waals surface area contributed by atoms with Crippen LogP contribution in [0, 0.1) is 0 Å². The van der Waals surface area contributed by atoms with Gasteiger partial charge in [-0.1, -0.05) is 12.1 Å². The van der Waals surface area contributed by atoms with E-state index in [1.54, 1.807) is 51.6 Å². The number of carbonyl (C=O) groups is 1. The van der Waals surface area contributed by atoms with Crippen LogP contribution < -0.4 is 10.5 Å². The second-order valence-corrected chi connectivity index (χ2v) is 7.99. The van der Waals surface area contributed by atoms with Gasteiger partial charge in [-0.25, -0.2) is 9.97 Å². The maximum atomic E-state index is 12.1. The third-order valence-corrected chi connectivity index (χ3v) is 5.64. The Bertz CT molecular complexity index is 1140. The number of rotatable bonds is 5. The molecule has 10 heteroatoms. The quantitative estimate of drug-likeness (QED) is 0.653. The molecule has 1 unspecified atom stereocenters. The predicted molar refractivity (Wildman–Crippen MR) is 119 cm³/mol. The smallest absolute Gasteiger partial charge is 0.254 e. The molecular formula is C21H22N6O3S. The third kappa shape index (κ3) is 3.89. The van der Waals surface area contributed by atoms with Crippen molar-refractivity contribution < 1.29 is 14.3 Å². The fourth-order valence-electron chi connectivity index (χ4n) is 3.12. The molecule has 0 spiro atoms. The lowest BCUT2D eigenvalue weighted by molar-refractivity contribution is 0.0745. The van der Waals surface area contributed by atoms with Crippen LogP contribution in [0.4, 0.5) is 5.82 Å². The van der Waals surface area contributed by atoms with Crippen LogP contribution in [0.3, 0.4) is 0 Å². The number of nitrogens with zero attached hydrogens (tertiary/aromatic N) is 5. The minimum absolute atomic E-state index is 0.0645. The lowest BCUT2D eigenvalue weighted by Gasteiger charge is -2.19. The van der Waals surface area contributed by atoms with E-state index in [0.717, 1.165) is 10.4 Å². The average Bonchev–Trinajstić information content (AvgIpc) is 3.40. The molecule has 9 nitrogen and oxygen atoms in total. The number of thiophene rings is 1. The fourth-order valence-corrected chi connectivity index (χ4v) is 3.91. The summed E-state index contributed by atoms with van der Waals surface area (Å²) < 4.78 is 11.4. The Morgan fingerprint density at radius 1 is 1.26 bits per heavy atom. The molecule has 1 amide bonds. The van der Waals surface area contributed by atoms with Gasteiger partial charge in [-0.15, -0.1) is 16.4 Å². The van der Waals surface area contributed by atoms with Crippen molar-refractivity contribution in [2.75, 3.05) is 34.0 Å². The topological polar surface area (TPSA) is 106 Å². The first-order valence-electron chi connectivity index (χ1n) is 9.43. The third-order valence-electron chi connectivity index (χ3n) is 4.75. The number of aromatic nitrogens is 2. The SMILES string of the molecule is COc1ccsc1C1=NN(C)C(c2nc(-c3ccc(C(=O)N(C)C)cc3)cnc2N)O1. The minimum Gasteiger partial charge on any atom is -0.495 e. The summed E-state index contributed by atoms with van der Waals surface area (Å²) in [5.41, 5.74) is 8.61. The lowest BCUT2D eigenvalue weighted by atomic mass is 10.1. The van der Waals surface area contributed by atoms with Gasteiger partial charge in [0.25, 0.3) is 11.8 Å². The number of hydrazone groups is 1. The molecule has 1 aliphatic rings. The monoisotopic (exact) mass is 438 g/mol. The van der Waals surface area contributed by atoms with Crippen molar-refractivity contribution in [3.8, 4) is 17.0 Å². The molecule has 1 atom stereocenters. The largest absolute Gasteiger partial charge is 0.495 e. The van der Waals surface area contributed by atoms with Gasteiger partial charge in [0.15, 0.2) is 5.82 Å². The molecule has 3 aromatic rings. The summed E-state index contributed by atoms with van der Waals surface area (Å²) in [5, 5.41) is 8.04. The highest BCUT2D eigenvalue weighted by molar-refractivity contribution is 7.12. The summed E-state index contributed by atoms with van der Waals surface area (Å²) in [6, 6.07) is 9.05. The molecule has 0 saturated carbocycles. The minimum atomic E-state index is -0.621. The Hall–Kier alpha value is -3.66. The number of methoxy groups -OCH3 is 1. The normalized spacial score (nSPS) is 15.4. The van der Waals surface area contributed by atoms with E-state index in [2.05, 4.69) is 10.1 Å². The second kappa shape index (κ2) is 8.23. The van der Waals surface area contributed by atoms with Crippen molar-refractivity contribution >= 4 is 29.0 Å². The lowest BCUT2D eigenvalue weighted by Crippen LogP contribution is -2.21. The summed E-state index contributed by atoms with van der Waals surface area (Å²) in [7, 11) is 6.82. The van der Waals surface area contributed by atoms with Gasteiger partial charge in [0.2, 0.25) is 6.23 Å². The number of nitrogens with two attached hydrogens (primary N) is 1. The molecule has 0 aliphatic carbocycles. The van der Waals surface area contributed by atoms with Gasteiger partial charge in [0, 0.05) is 32.3 Å². The molecule has 31 heavy (non-hydrogen) atoms. The number of hydrogen-bond acceptors (Lipinski definition) is 9. The van der Waals surface area contributed by atoms with E-state index in [9.17, 15) is 4.79 Å². The van der Waals surface area contributed by atoms with Gasteiger partial charge in [-0.05, 0) is 23.6 Å². The van der Waals surface area contributed by atoms with Crippen LogP contribution in [-0.2, 0) is 4.74 Å². The summed E-state index contributed by atoms with van der Waals surface area (Å²) in [6.07, 6.45) is 0.976. The van der Waals surface area contributed by atoms with Crippen LogP contribution in [0.15, 0.2) is 47.0 Å². The van der Waals surface area contributed by atoms with Crippen molar-refractivity contribution in [3.05, 3.63) is 58.0 Å². The van der Waals surface area contributed by atoms with E-state index in [1.807, 2.05) is 23.6 Å². The summed E-state index contributed by atoms with van der Waals surface area (Å²) in [5.74, 6) is 1.33. The number of anilines is 1.